The van der Waals surface area contributed by atoms with Crippen LogP contribution in [0.25, 0.3) is 10.9 Å². The fourth-order valence-corrected chi connectivity index (χ4v) is 6.20. The third-order valence-corrected chi connectivity index (χ3v) is 6.66. The minimum atomic E-state index is -0.0289. The second-order valence-electron chi connectivity index (χ2n) is 8.20. The van der Waals surface area contributed by atoms with Crippen molar-refractivity contribution in [2.45, 2.75) is 38.5 Å². The van der Waals surface area contributed by atoms with Gasteiger partial charge >= 0.3 is 0 Å². The van der Waals surface area contributed by atoms with E-state index < -0.39 is 0 Å². The lowest BCUT2D eigenvalue weighted by molar-refractivity contribution is -0.0352. The van der Waals surface area contributed by atoms with Crippen LogP contribution in [0.15, 0.2) is 30.5 Å². The molecule has 4 fully saturated rings. The summed E-state index contributed by atoms with van der Waals surface area (Å²) in [7, 11) is 2.05. The molecule has 0 saturated heterocycles. The van der Waals surface area contributed by atoms with Gasteiger partial charge in [-0.25, -0.2) is 0 Å². The SMILES string of the molecule is Cn1cc(C(=O)C23CC4CC(CC(C4)C2)C3)c2ccccc21. The van der Waals surface area contributed by atoms with E-state index in [0.29, 0.717) is 5.78 Å². The third kappa shape index (κ3) is 1.64. The molecule has 1 aromatic carbocycles. The Morgan fingerprint density at radius 3 is 2.27 bits per heavy atom. The van der Waals surface area contributed by atoms with Gasteiger partial charge in [-0.15, -0.1) is 0 Å². The van der Waals surface area contributed by atoms with Crippen LogP contribution in [-0.4, -0.2) is 10.4 Å². The molecule has 6 rings (SSSR count). The number of aromatic nitrogens is 1. The minimum absolute atomic E-state index is 0.0289. The molecule has 0 aliphatic heterocycles. The van der Waals surface area contributed by atoms with Crippen LogP contribution in [0.2, 0.25) is 0 Å². The Labute approximate surface area is 131 Å². The van der Waals surface area contributed by atoms with E-state index in [1.807, 2.05) is 0 Å². The number of nitrogens with zero attached hydrogens (tertiary/aromatic N) is 1. The molecule has 0 unspecified atom stereocenters. The molecule has 1 heterocycles. The van der Waals surface area contributed by atoms with Gasteiger partial charge in [0, 0.05) is 35.1 Å². The van der Waals surface area contributed by atoms with Gasteiger partial charge in [-0.1, -0.05) is 18.2 Å². The van der Waals surface area contributed by atoms with E-state index >= 15 is 0 Å². The zero-order chi connectivity index (χ0) is 14.9. The molecule has 2 aromatic rings. The number of ketones is 1. The minimum Gasteiger partial charge on any atom is -0.350 e. The second kappa shape index (κ2) is 4.24. The smallest absolute Gasteiger partial charge is 0.171 e. The van der Waals surface area contributed by atoms with Crippen molar-refractivity contribution in [1.29, 1.82) is 0 Å². The van der Waals surface area contributed by atoms with E-state index in [-0.39, 0.29) is 5.41 Å². The number of Topliss-reactive ketones (excluding diaryl/α,β-unsaturated/α-hetero) is 1. The summed E-state index contributed by atoms with van der Waals surface area (Å²) in [6, 6.07) is 8.34. The molecule has 0 N–H and O–H groups in total. The molecule has 4 bridgehead atoms. The van der Waals surface area contributed by atoms with Gasteiger partial charge in [0.1, 0.15) is 0 Å². The molecule has 0 atom stereocenters. The van der Waals surface area contributed by atoms with E-state index in [0.717, 1.165) is 48.0 Å². The summed E-state index contributed by atoms with van der Waals surface area (Å²) in [5.41, 5.74) is 2.12. The second-order valence-corrected chi connectivity index (χ2v) is 8.20. The van der Waals surface area contributed by atoms with E-state index in [4.69, 9.17) is 0 Å². The van der Waals surface area contributed by atoms with Gasteiger partial charge in [0.2, 0.25) is 0 Å². The number of fused-ring (bicyclic) bond motifs is 1. The summed E-state index contributed by atoms with van der Waals surface area (Å²) in [6.45, 7) is 0. The molecule has 0 amide bonds. The lowest BCUT2D eigenvalue weighted by atomic mass is 9.48. The Morgan fingerprint density at radius 1 is 1.05 bits per heavy atom. The average molecular weight is 293 g/mol. The molecule has 0 radical (unpaired) electrons. The lowest BCUT2D eigenvalue weighted by Crippen LogP contribution is -2.50. The maximum atomic E-state index is 13.5. The fourth-order valence-electron chi connectivity index (χ4n) is 6.20. The predicted molar refractivity (Wildman–Crippen MR) is 87.9 cm³/mol. The number of aryl methyl sites for hydroxylation is 1. The average Bonchev–Trinajstić information content (AvgIpc) is 2.83. The monoisotopic (exact) mass is 293 g/mol. The van der Waals surface area contributed by atoms with Gasteiger partial charge in [0.25, 0.3) is 0 Å². The highest BCUT2D eigenvalue weighted by Crippen LogP contribution is 2.61. The van der Waals surface area contributed by atoms with Gasteiger partial charge in [-0.05, 0) is 62.3 Å². The van der Waals surface area contributed by atoms with Crippen molar-refractivity contribution in [3.8, 4) is 0 Å². The molecule has 114 valence electrons. The first-order valence-corrected chi connectivity index (χ1v) is 8.73. The van der Waals surface area contributed by atoms with Crippen LogP contribution in [0.5, 0.6) is 0 Å². The summed E-state index contributed by atoms with van der Waals surface area (Å²) in [6.07, 6.45) is 9.71. The van der Waals surface area contributed by atoms with Gasteiger partial charge in [-0.3, -0.25) is 4.79 Å². The summed E-state index contributed by atoms with van der Waals surface area (Å²) in [5, 5.41) is 1.14. The highest BCUT2D eigenvalue weighted by molar-refractivity contribution is 6.10. The predicted octanol–water partition coefficient (Wildman–Crippen LogP) is 4.58. The van der Waals surface area contributed by atoms with Crippen LogP contribution in [-0.2, 0) is 7.05 Å². The normalized spacial score (nSPS) is 36.1. The first kappa shape index (κ1) is 12.9. The number of hydrogen-bond acceptors (Lipinski definition) is 1. The van der Waals surface area contributed by atoms with Crippen LogP contribution in [0, 0.1) is 23.2 Å². The van der Waals surface area contributed by atoms with Crippen molar-refractivity contribution in [2.24, 2.45) is 30.2 Å². The Morgan fingerprint density at radius 2 is 1.64 bits per heavy atom. The Bertz CT molecular complexity index is 734. The molecule has 2 nitrogen and oxygen atoms in total. The van der Waals surface area contributed by atoms with Crippen LogP contribution >= 0.6 is 0 Å². The summed E-state index contributed by atoms with van der Waals surface area (Å²) >= 11 is 0. The highest BCUT2D eigenvalue weighted by Gasteiger charge is 2.54. The standard InChI is InChI=1S/C20H23NO/c1-21-12-17(16-4-2-3-5-18(16)21)19(22)20-9-13-6-14(10-20)8-15(7-13)11-20/h2-5,12-15H,6-11H2,1H3. The fraction of sp³-hybridized carbons (Fsp3) is 0.550. The van der Waals surface area contributed by atoms with Crippen molar-refractivity contribution in [3.05, 3.63) is 36.0 Å². The van der Waals surface area contributed by atoms with E-state index in [2.05, 4.69) is 42.1 Å². The van der Waals surface area contributed by atoms with E-state index in [9.17, 15) is 4.79 Å². The molecule has 0 spiro atoms. The van der Waals surface area contributed by atoms with Crippen LogP contribution in [0.4, 0.5) is 0 Å². The summed E-state index contributed by atoms with van der Waals surface area (Å²) < 4.78 is 2.11. The Balaban J connectivity index is 1.61. The summed E-state index contributed by atoms with van der Waals surface area (Å²) in [5.74, 6) is 2.92. The molecular formula is C20H23NO. The lowest BCUT2D eigenvalue weighted by Gasteiger charge is -2.55. The van der Waals surface area contributed by atoms with Crippen molar-refractivity contribution < 1.29 is 4.79 Å². The first-order valence-electron chi connectivity index (χ1n) is 8.73. The molecule has 2 heteroatoms. The quantitative estimate of drug-likeness (QED) is 0.743. The molecule has 1 aromatic heterocycles. The highest BCUT2D eigenvalue weighted by atomic mass is 16.1. The van der Waals surface area contributed by atoms with Crippen LogP contribution in [0.3, 0.4) is 0 Å². The van der Waals surface area contributed by atoms with Crippen molar-refractivity contribution in [2.75, 3.05) is 0 Å². The molecule has 22 heavy (non-hydrogen) atoms. The maximum Gasteiger partial charge on any atom is 0.171 e. The Kier molecular flexibility index (Phi) is 2.49. The topological polar surface area (TPSA) is 22.0 Å². The number of carbonyl (C=O) groups excluding carboxylic acids is 1. The number of hydrogen-bond donors (Lipinski definition) is 0. The van der Waals surface area contributed by atoms with Crippen molar-refractivity contribution in [1.82, 2.24) is 4.57 Å². The first-order chi connectivity index (χ1) is 10.6. The zero-order valence-corrected chi connectivity index (χ0v) is 13.2. The van der Waals surface area contributed by atoms with Gasteiger partial charge < -0.3 is 4.57 Å². The van der Waals surface area contributed by atoms with Gasteiger partial charge in [-0.2, -0.15) is 0 Å². The number of rotatable bonds is 2. The largest absolute Gasteiger partial charge is 0.350 e. The molecule has 4 saturated carbocycles. The number of benzene rings is 1. The van der Waals surface area contributed by atoms with E-state index in [1.54, 1.807) is 0 Å². The molecular weight excluding hydrogens is 270 g/mol. The zero-order valence-electron chi connectivity index (χ0n) is 13.2. The number of para-hydroxylation sites is 1. The van der Waals surface area contributed by atoms with Crippen LogP contribution < -0.4 is 0 Å². The van der Waals surface area contributed by atoms with Crippen molar-refractivity contribution in [3.63, 3.8) is 0 Å². The van der Waals surface area contributed by atoms with Gasteiger partial charge in [0.05, 0.1) is 0 Å². The van der Waals surface area contributed by atoms with Gasteiger partial charge in [0.15, 0.2) is 5.78 Å². The molecule has 4 aliphatic carbocycles. The van der Waals surface area contributed by atoms with Crippen LogP contribution in [0.1, 0.15) is 48.9 Å². The number of carbonyl (C=O) groups is 1. The van der Waals surface area contributed by atoms with Crippen molar-refractivity contribution >= 4 is 16.7 Å². The molecule has 4 aliphatic rings. The summed E-state index contributed by atoms with van der Waals surface area (Å²) in [4.78, 5) is 13.5. The maximum absolute atomic E-state index is 13.5. The van der Waals surface area contributed by atoms with E-state index in [1.165, 1.54) is 24.8 Å². The third-order valence-electron chi connectivity index (χ3n) is 6.66. The Hall–Kier alpha value is -1.57.